The first-order chi connectivity index (χ1) is 8.59. The molecule has 0 bridgehead atoms. The molecule has 1 aromatic heterocycles. The normalized spacial score (nSPS) is 18.3. The summed E-state index contributed by atoms with van der Waals surface area (Å²) >= 11 is 5.89. The largest absolute Gasteiger partial charge is 0.329 e. The Bertz CT molecular complexity index is 618. The molecule has 1 aliphatic rings. The molecule has 3 rings (SSSR count). The standard InChI is InChI=1S/C13H12ClN3O/c1-7-10-11(16-15-7)13(18)17(2)12(10)8-3-5-9(14)6-4-8/h3-6,12H,1-2H3,(H,15,16)/t12-/m1/s1. The number of aromatic amines is 1. The van der Waals surface area contributed by atoms with Crippen LogP contribution >= 0.6 is 11.6 Å². The van der Waals surface area contributed by atoms with Crippen LogP contribution in [0.25, 0.3) is 0 Å². The second-order valence-electron chi connectivity index (χ2n) is 4.48. The molecule has 2 heterocycles. The van der Waals surface area contributed by atoms with Crippen molar-refractivity contribution in [2.45, 2.75) is 13.0 Å². The first kappa shape index (κ1) is 11.3. The number of H-pyrrole nitrogens is 1. The van der Waals surface area contributed by atoms with Crippen LogP contribution in [0.1, 0.15) is 33.4 Å². The number of hydrogen-bond acceptors (Lipinski definition) is 2. The maximum Gasteiger partial charge on any atom is 0.275 e. The van der Waals surface area contributed by atoms with E-state index in [0.29, 0.717) is 10.7 Å². The summed E-state index contributed by atoms with van der Waals surface area (Å²) in [7, 11) is 1.79. The van der Waals surface area contributed by atoms with Crippen molar-refractivity contribution in [3.05, 3.63) is 51.8 Å². The molecule has 4 nitrogen and oxygen atoms in total. The minimum atomic E-state index is -0.0801. The second-order valence-corrected chi connectivity index (χ2v) is 4.92. The molecule has 0 saturated heterocycles. The fraction of sp³-hybridized carbons (Fsp3) is 0.231. The van der Waals surface area contributed by atoms with Gasteiger partial charge in [0.2, 0.25) is 0 Å². The molecular formula is C13H12ClN3O. The number of hydrogen-bond donors (Lipinski definition) is 1. The predicted molar refractivity (Wildman–Crippen MR) is 68.7 cm³/mol. The van der Waals surface area contributed by atoms with Gasteiger partial charge >= 0.3 is 0 Å². The van der Waals surface area contributed by atoms with E-state index in [2.05, 4.69) is 10.2 Å². The monoisotopic (exact) mass is 261 g/mol. The van der Waals surface area contributed by atoms with E-state index in [1.807, 2.05) is 31.2 Å². The molecule has 5 heteroatoms. The van der Waals surface area contributed by atoms with Gasteiger partial charge in [0.15, 0.2) is 5.69 Å². The van der Waals surface area contributed by atoms with Crippen molar-refractivity contribution in [2.24, 2.45) is 0 Å². The van der Waals surface area contributed by atoms with Crippen LogP contribution in [0, 0.1) is 6.92 Å². The second kappa shape index (κ2) is 3.85. The molecule has 92 valence electrons. The summed E-state index contributed by atoms with van der Waals surface area (Å²) in [6.07, 6.45) is 0. The summed E-state index contributed by atoms with van der Waals surface area (Å²) in [5, 5.41) is 7.65. The zero-order valence-electron chi connectivity index (χ0n) is 10.1. The van der Waals surface area contributed by atoms with Crippen LogP contribution in [0.3, 0.4) is 0 Å². The number of nitrogens with one attached hydrogen (secondary N) is 1. The molecule has 0 aliphatic carbocycles. The quantitative estimate of drug-likeness (QED) is 0.858. The van der Waals surface area contributed by atoms with Crippen molar-refractivity contribution in [1.29, 1.82) is 0 Å². The van der Waals surface area contributed by atoms with Gasteiger partial charge in [-0.1, -0.05) is 23.7 Å². The number of amides is 1. The molecule has 0 spiro atoms. The number of benzene rings is 1. The van der Waals surface area contributed by atoms with Crippen LogP contribution in [0.5, 0.6) is 0 Å². The van der Waals surface area contributed by atoms with Crippen molar-refractivity contribution >= 4 is 17.5 Å². The van der Waals surface area contributed by atoms with Crippen LogP contribution in [0.4, 0.5) is 0 Å². The van der Waals surface area contributed by atoms with E-state index in [4.69, 9.17) is 11.6 Å². The van der Waals surface area contributed by atoms with Crippen molar-refractivity contribution in [3.63, 3.8) is 0 Å². The Morgan fingerprint density at radius 3 is 2.67 bits per heavy atom. The van der Waals surface area contributed by atoms with Crippen molar-refractivity contribution in [2.75, 3.05) is 7.05 Å². The topological polar surface area (TPSA) is 49.0 Å². The first-order valence-corrected chi connectivity index (χ1v) is 6.05. The molecule has 1 N–H and O–H groups in total. The Kier molecular flexibility index (Phi) is 2.41. The van der Waals surface area contributed by atoms with Crippen molar-refractivity contribution in [1.82, 2.24) is 15.1 Å². The Morgan fingerprint density at radius 1 is 1.33 bits per heavy atom. The lowest BCUT2D eigenvalue weighted by Gasteiger charge is -2.21. The van der Waals surface area contributed by atoms with E-state index < -0.39 is 0 Å². The minimum Gasteiger partial charge on any atom is -0.329 e. The molecule has 0 unspecified atom stereocenters. The molecule has 1 aliphatic heterocycles. The van der Waals surface area contributed by atoms with Crippen LogP contribution in [0.2, 0.25) is 5.02 Å². The zero-order valence-corrected chi connectivity index (χ0v) is 10.8. The SMILES string of the molecule is Cc1[nH]nc2c1[C@@H](c1ccc(Cl)cc1)N(C)C2=O. The molecule has 1 aromatic carbocycles. The number of aryl methyl sites for hydroxylation is 1. The minimum absolute atomic E-state index is 0.0469. The third-order valence-corrected chi connectivity index (χ3v) is 3.62. The molecule has 1 amide bonds. The van der Waals surface area contributed by atoms with Gasteiger partial charge in [-0.2, -0.15) is 5.10 Å². The van der Waals surface area contributed by atoms with E-state index in [1.54, 1.807) is 11.9 Å². The van der Waals surface area contributed by atoms with Gasteiger partial charge in [0.25, 0.3) is 5.91 Å². The summed E-state index contributed by atoms with van der Waals surface area (Å²) in [4.78, 5) is 13.8. The van der Waals surface area contributed by atoms with Gasteiger partial charge in [-0.3, -0.25) is 9.89 Å². The number of fused-ring (bicyclic) bond motifs is 1. The van der Waals surface area contributed by atoms with E-state index in [-0.39, 0.29) is 11.9 Å². The van der Waals surface area contributed by atoms with Gasteiger partial charge in [-0.15, -0.1) is 0 Å². The molecule has 0 radical (unpaired) electrons. The van der Waals surface area contributed by atoms with Crippen molar-refractivity contribution in [3.8, 4) is 0 Å². The Balaban J connectivity index is 2.14. The smallest absolute Gasteiger partial charge is 0.275 e. The van der Waals surface area contributed by atoms with Gasteiger partial charge in [-0.25, -0.2) is 0 Å². The summed E-state index contributed by atoms with van der Waals surface area (Å²) < 4.78 is 0. The Hall–Kier alpha value is -1.81. The maximum absolute atomic E-state index is 12.1. The van der Waals surface area contributed by atoms with Crippen LogP contribution in [-0.2, 0) is 0 Å². The van der Waals surface area contributed by atoms with Gasteiger partial charge in [0, 0.05) is 23.3 Å². The highest BCUT2D eigenvalue weighted by Gasteiger charge is 2.39. The van der Waals surface area contributed by atoms with E-state index in [1.165, 1.54) is 0 Å². The third kappa shape index (κ3) is 1.46. The molecule has 0 fully saturated rings. The Labute approximate surface area is 110 Å². The lowest BCUT2D eigenvalue weighted by Crippen LogP contribution is -2.24. The number of halogens is 1. The summed E-state index contributed by atoms with van der Waals surface area (Å²) in [5.74, 6) is -0.0469. The lowest BCUT2D eigenvalue weighted by atomic mass is 10.00. The molecule has 1 atom stereocenters. The zero-order chi connectivity index (χ0) is 12.9. The van der Waals surface area contributed by atoms with Gasteiger partial charge in [0.05, 0.1) is 6.04 Å². The van der Waals surface area contributed by atoms with Crippen molar-refractivity contribution < 1.29 is 4.79 Å². The van der Waals surface area contributed by atoms with Gasteiger partial charge in [-0.05, 0) is 24.6 Å². The van der Waals surface area contributed by atoms with Crippen LogP contribution in [0.15, 0.2) is 24.3 Å². The molecule has 18 heavy (non-hydrogen) atoms. The maximum atomic E-state index is 12.1. The number of nitrogens with zero attached hydrogens (tertiary/aromatic N) is 2. The average molecular weight is 262 g/mol. The molecular weight excluding hydrogens is 250 g/mol. The van der Waals surface area contributed by atoms with E-state index >= 15 is 0 Å². The average Bonchev–Trinajstić information content (AvgIpc) is 2.84. The number of carbonyl (C=O) groups excluding carboxylic acids is 1. The van der Waals surface area contributed by atoms with Gasteiger partial charge in [0.1, 0.15) is 0 Å². The highest BCUT2D eigenvalue weighted by molar-refractivity contribution is 6.30. The Morgan fingerprint density at radius 2 is 2.00 bits per heavy atom. The number of rotatable bonds is 1. The van der Waals surface area contributed by atoms with Gasteiger partial charge < -0.3 is 4.90 Å². The first-order valence-electron chi connectivity index (χ1n) is 5.67. The van der Waals surface area contributed by atoms with E-state index in [9.17, 15) is 4.79 Å². The summed E-state index contributed by atoms with van der Waals surface area (Å²) in [6.45, 7) is 1.93. The molecule has 0 saturated carbocycles. The summed E-state index contributed by atoms with van der Waals surface area (Å²) in [5.41, 5.74) is 3.46. The van der Waals surface area contributed by atoms with Crippen LogP contribution in [-0.4, -0.2) is 28.1 Å². The fourth-order valence-corrected chi connectivity index (χ4v) is 2.57. The number of carbonyl (C=O) groups is 1. The van der Waals surface area contributed by atoms with E-state index in [0.717, 1.165) is 16.8 Å². The lowest BCUT2D eigenvalue weighted by molar-refractivity contribution is 0.0787. The third-order valence-electron chi connectivity index (χ3n) is 3.36. The predicted octanol–water partition coefficient (Wildman–Crippen LogP) is 2.55. The van der Waals surface area contributed by atoms with Crippen LogP contribution < -0.4 is 0 Å². The highest BCUT2D eigenvalue weighted by atomic mass is 35.5. The fourth-order valence-electron chi connectivity index (χ4n) is 2.45. The highest BCUT2D eigenvalue weighted by Crippen LogP contribution is 2.38. The summed E-state index contributed by atoms with van der Waals surface area (Å²) in [6, 6.07) is 7.48. The number of aromatic nitrogens is 2. The molecule has 2 aromatic rings.